The van der Waals surface area contributed by atoms with Gasteiger partial charge >= 0.3 is 10.3 Å². The second-order valence-corrected chi connectivity index (χ2v) is 8.96. The first-order valence-electron chi connectivity index (χ1n) is 9.45. The van der Waals surface area contributed by atoms with Crippen molar-refractivity contribution in [2.75, 3.05) is 11.3 Å². The fraction of sp³-hybridized carbons (Fsp3) is 0.421. The molecule has 30 heavy (non-hydrogen) atoms. The van der Waals surface area contributed by atoms with Crippen molar-refractivity contribution in [2.45, 2.75) is 44.8 Å². The number of amides is 1. The van der Waals surface area contributed by atoms with Crippen LogP contribution in [0.3, 0.4) is 0 Å². The summed E-state index contributed by atoms with van der Waals surface area (Å²) in [6.45, 7) is 2.43. The van der Waals surface area contributed by atoms with E-state index in [1.165, 1.54) is 23.5 Å². The summed E-state index contributed by atoms with van der Waals surface area (Å²) in [7, 11) is -4.34. The quantitative estimate of drug-likeness (QED) is 0.350. The third-order valence-corrected chi connectivity index (χ3v) is 6.00. The summed E-state index contributed by atoms with van der Waals surface area (Å²) in [5.41, 5.74) is 2.00. The molecule has 0 bridgehead atoms. The maximum absolute atomic E-state index is 12.4. The molecule has 162 valence electrons. The number of rotatable bonds is 11. The lowest BCUT2D eigenvalue weighted by Gasteiger charge is -2.17. The highest BCUT2D eigenvalue weighted by Crippen LogP contribution is 2.24. The molecule has 1 unspecified atom stereocenters. The normalized spacial score (nSPS) is 16.7. The Hall–Kier alpha value is -2.34. The largest absolute Gasteiger partial charge is 0.365 e. The maximum atomic E-state index is 12.4. The molecule has 11 heteroatoms. The molecule has 2 atom stereocenters. The SMILES string of the molecule is CCc1csc([C@H](Cc2ccc(NS(=O)(=O)O)cc2)NC(=O)CCC(=O)C2CO2)n1. The number of ketones is 1. The Morgan fingerprint density at radius 1 is 1.30 bits per heavy atom. The number of epoxide rings is 1. The molecule has 0 spiro atoms. The van der Waals surface area contributed by atoms with E-state index in [0.29, 0.717) is 13.0 Å². The van der Waals surface area contributed by atoms with Crippen LogP contribution in [-0.4, -0.2) is 42.4 Å². The first kappa shape index (κ1) is 22.3. The van der Waals surface area contributed by atoms with Crippen LogP contribution < -0.4 is 10.0 Å². The van der Waals surface area contributed by atoms with Gasteiger partial charge in [0, 0.05) is 18.2 Å². The van der Waals surface area contributed by atoms with E-state index in [0.717, 1.165) is 22.7 Å². The Morgan fingerprint density at radius 2 is 2.00 bits per heavy atom. The van der Waals surface area contributed by atoms with Crippen LogP contribution >= 0.6 is 11.3 Å². The van der Waals surface area contributed by atoms with Crippen LogP contribution in [0.5, 0.6) is 0 Å². The summed E-state index contributed by atoms with van der Waals surface area (Å²) >= 11 is 1.46. The van der Waals surface area contributed by atoms with Gasteiger partial charge in [-0.2, -0.15) is 8.42 Å². The Kier molecular flexibility index (Phi) is 7.19. The van der Waals surface area contributed by atoms with E-state index in [1.807, 2.05) is 17.0 Å². The highest BCUT2D eigenvalue weighted by atomic mass is 32.2. The lowest BCUT2D eigenvalue weighted by Crippen LogP contribution is -2.30. The van der Waals surface area contributed by atoms with Gasteiger partial charge < -0.3 is 10.1 Å². The van der Waals surface area contributed by atoms with Gasteiger partial charge in [-0.1, -0.05) is 19.1 Å². The summed E-state index contributed by atoms with van der Waals surface area (Å²) in [5, 5.41) is 5.66. The zero-order valence-electron chi connectivity index (χ0n) is 16.3. The van der Waals surface area contributed by atoms with Gasteiger partial charge in [0.1, 0.15) is 11.1 Å². The zero-order valence-corrected chi connectivity index (χ0v) is 18.0. The molecule has 9 nitrogen and oxygen atoms in total. The molecule has 1 aromatic heterocycles. The molecule has 0 aliphatic carbocycles. The summed E-state index contributed by atoms with van der Waals surface area (Å²) in [6.07, 6.45) is 1.09. The van der Waals surface area contributed by atoms with Crippen molar-refractivity contribution in [3.8, 4) is 0 Å². The van der Waals surface area contributed by atoms with E-state index < -0.39 is 10.3 Å². The monoisotopic (exact) mass is 453 g/mol. The maximum Gasteiger partial charge on any atom is 0.357 e. The van der Waals surface area contributed by atoms with Gasteiger partial charge in [0.25, 0.3) is 0 Å². The van der Waals surface area contributed by atoms with Crippen molar-refractivity contribution in [1.82, 2.24) is 10.3 Å². The van der Waals surface area contributed by atoms with E-state index in [1.54, 1.807) is 12.1 Å². The van der Waals surface area contributed by atoms with Crippen LogP contribution in [0.2, 0.25) is 0 Å². The van der Waals surface area contributed by atoms with Gasteiger partial charge in [0.15, 0.2) is 5.78 Å². The number of nitrogens with zero attached hydrogens (tertiary/aromatic N) is 1. The molecule has 1 aromatic carbocycles. The van der Waals surface area contributed by atoms with Crippen LogP contribution in [-0.2, 0) is 37.5 Å². The number of hydrogen-bond donors (Lipinski definition) is 3. The standard InChI is InChI=1S/C19H23N3O6S2/c1-2-13-11-29-19(20-13)15(21-18(24)8-7-16(23)17-10-28-17)9-12-3-5-14(6-4-12)22-30(25,26)27/h3-6,11,15,17,22H,2,7-10H2,1H3,(H,21,24)(H,25,26,27)/t15-,17?/m0/s1. The molecule has 0 radical (unpaired) electrons. The molecule has 1 aliphatic heterocycles. The smallest absolute Gasteiger partial charge is 0.357 e. The molecule has 1 fully saturated rings. The molecule has 3 N–H and O–H groups in total. The fourth-order valence-corrected chi connectivity index (χ4v) is 4.22. The van der Waals surface area contributed by atoms with Crippen molar-refractivity contribution >= 4 is 39.0 Å². The topological polar surface area (TPSA) is 138 Å². The Balaban J connectivity index is 1.67. The number of ether oxygens (including phenoxy) is 1. The Morgan fingerprint density at radius 3 is 2.57 bits per heavy atom. The van der Waals surface area contributed by atoms with Crippen LogP contribution in [0.25, 0.3) is 0 Å². The zero-order chi connectivity index (χ0) is 21.7. The van der Waals surface area contributed by atoms with Crippen molar-refractivity contribution in [3.63, 3.8) is 0 Å². The summed E-state index contributed by atoms with van der Waals surface area (Å²) in [5.74, 6) is -0.307. The average molecular weight is 454 g/mol. The van der Waals surface area contributed by atoms with Crippen LogP contribution in [0.15, 0.2) is 29.6 Å². The van der Waals surface area contributed by atoms with Gasteiger partial charge in [0.05, 0.1) is 24.0 Å². The minimum absolute atomic E-state index is 0.0638. The predicted octanol–water partition coefficient (Wildman–Crippen LogP) is 2.07. The molecule has 2 heterocycles. The Labute approximate surface area is 178 Å². The molecule has 1 aliphatic rings. The summed E-state index contributed by atoms with van der Waals surface area (Å²) < 4.78 is 37.6. The highest BCUT2D eigenvalue weighted by molar-refractivity contribution is 7.87. The van der Waals surface area contributed by atoms with E-state index >= 15 is 0 Å². The van der Waals surface area contributed by atoms with E-state index in [4.69, 9.17) is 9.29 Å². The van der Waals surface area contributed by atoms with Crippen LogP contribution in [0.1, 0.15) is 42.1 Å². The number of hydrogen-bond acceptors (Lipinski definition) is 7. The molecule has 1 amide bonds. The number of Topliss-reactive ketones (excluding diaryl/α,β-unsaturated/α-hetero) is 1. The number of nitrogens with one attached hydrogen (secondary N) is 2. The Bertz CT molecular complexity index is 1000. The predicted molar refractivity (Wildman–Crippen MR) is 112 cm³/mol. The first-order chi connectivity index (χ1) is 14.2. The van der Waals surface area contributed by atoms with Gasteiger partial charge in [-0.3, -0.25) is 18.9 Å². The fourth-order valence-electron chi connectivity index (χ4n) is 2.84. The third-order valence-electron chi connectivity index (χ3n) is 4.50. The molecule has 2 aromatic rings. The second kappa shape index (κ2) is 9.65. The number of carbonyl (C=O) groups excluding carboxylic acids is 2. The molecular weight excluding hydrogens is 430 g/mol. The van der Waals surface area contributed by atoms with Gasteiger partial charge in [-0.05, 0) is 30.5 Å². The number of carbonyl (C=O) groups is 2. The minimum atomic E-state index is -4.34. The number of thiazole rings is 1. The molecule has 1 saturated heterocycles. The summed E-state index contributed by atoms with van der Waals surface area (Å²) in [4.78, 5) is 28.7. The van der Waals surface area contributed by atoms with E-state index in [-0.39, 0.29) is 42.4 Å². The highest BCUT2D eigenvalue weighted by Gasteiger charge is 2.31. The number of anilines is 1. The first-order valence-corrected chi connectivity index (χ1v) is 11.8. The van der Waals surface area contributed by atoms with E-state index in [2.05, 4.69) is 10.3 Å². The minimum Gasteiger partial charge on any atom is -0.365 e. The number of benzene rings is 1. The average Bonchev–Trinajstić information content (AvgIpc) is 3.43. The van der Waals surface area contributed by atoms with Crippen molar-refractivity contribution < 1.29 is 27.3 Å². The van der Waals surface area contributed by atoms with Crippen molar-refractivity contribution in [3.05, 3.63) is 45.9 Å². The number of aromatic nitrogens is 1. The van der Waals surface area contributed by atoms with E-state index in [9.17, 15) is 18.0 Å². The lowest BCUT2D eigenvalue weighted by atomic mass is 10.1. The van der Waals surface area contributed by atoms with Crippen molar-refractivity contribution in [1.29, 1.82) is 0 Å². The summed E-state index contributed by atoms with van der Waals surface area (Å²) in [6, 6.07) is 6.07. The lowest BCUT2D eigenvalue weighted by molar-refractivity contribution is -0.126. The van der Waals surface area contributed by atoms with Crippen molar-refractivity contribution in [2.24, 2.45) is 0 Å². The molecular formula is C19H23N3O6S2. The van der Waals surface area contributed by atoms with Crippen LogP contribution in [0, 0.1) is 0 Å². The number of aryl methyl sites for hydroxylation is 1. The second-order valence-electron chi connectivity index (χ2n) is 6.92. The van der Waals surface area contributed by atoms with Gasteiger partial charge in [-0.15, -0.1) is 11.3 Å². The third kappa shape index (κ3) is 6.87. The van der Waals surface area contributed by atoms with Gasteiger partial charge in [0.2, 0.25) is 5.91 Å². The molecule has 0 saturated carbocycles. The molecule has 3 rings (SSSR count). The van der Waals surface area contributed by atoms with Gasteiger partial charge in [-0.25, -0.2) is 4.98 Å². The van der Waals surface area contributed by atoms with Crippen LogP contribution in [0.4, 0.5) is 5.69 Å².